The fraction of sp³-hybridized carbons (Fsp3) is 0.267. The first kappa shape index (κ1) is 16.0. The van der Waals surface area contributed by atoms with Crippen LogP contribution in [0.3, 0.4) is 0 Å². The smallest absolute Gasteiger partial charge is 0.303 e. The maximum absolute atomic E-state index is 12.1. The van der Waals surface area contributed by atoms with Gasteiger partial charge >= 0.3 is 5.97 Å². The van der Waals surface area contributed by atoms with E-state index in [2.05, 4.69) is 10.5 Å². The van der Waals surface area contributed by atoms with E-state index in [9.17, 15) is 9.59 Å². The average Bonchev–Trinajstić information content (AvgIpc) is 3.08. The van der Waals surface area contributed by atoms with Gasteiger partial charge in [0.05, 0.1) is 22.6 Å². The molecule has 0 radical (unpaired) electrons. The molecule has 2 N–H and O–H groups in total. The van der Waals surface area contributed by atoms with Crippen LogP contribution in [0.4, 0.5) is 0 Å². The summed E-state index contributed by atoms with van der Waals surface area (Å²) in [6, 6.07) is 5.33. The lowest BCUT2D eigenvalue weighted by atomic mass is 10.2. The molecule has 0 saturated carbocycles. The van der Waals surface area contributed by atoms with Crippen molar-refractivity contribution in [3.63, 3.8) is 0 Å². The number of hydrogen-bond acceptors (Lipinski definition) is 5. The van der Waals surface area contributed by atoms with Crippen molar-refractivity contribution < 1.29 is 19.1 Å². The second-order valence-electron chi connectivity index (χ2n) is 4.70. The maximum Gasteiger partial charge on any atom is 0.303 e. The molecule has 0 spiro atoms. The number of rotatable bonds is 6. The molecule has 0 aliphatic carbocycles. The zero-order chi connectivity index (χ0) is 16.1. The Morgan fingerprint density at radius 3 is 2.68 bits per heavy atom. The van der Waals surface area contributed by atoms with E-state index in [1.54, 1.807) is 19.9 Å². The topological polar surface area (TPSA) is 91.9 Å². The largest absolute Gasteiger partial charge is 0.481 e. The lowest BCUT2D eigenvalue weighted by Crippen LogP contribution is -2.20. The van der Waals surface area contributed by atoms with Crippen molar-refractivity contribution in [1.82, 2.24) is 5.43 Å². The van der Waals surface area contributed by atoms with Gasteiger partial charge < -0.3 is 9.52 Å². The molecule has 2 aromatic rings. The summed E-state index contributed by atoms with van der Waals surface area (Å²) >= 11 is 1.44. The number of nitrogens with one attached hydrogen (secondary N) is 1. The normalized spacial score (nSPS) is 11.5. The predicted molar refractivity (Wildman–Crippen MR) is 83.4 cm³/mol. The SMILES string of the molecule is Cc1cc(C(=O)NN=C(CCC(=O)O)c2cccs2)c(C)o1. The fourth-order valence-corrected chi connectivity index (χ4v) is 2.68. The molecular formula is C15H16N2O4S. The van der Waals surface area contributed by atoms with Crippen molar-refractivity contribution in [2.75, 3.05) is 0 Å². The first-order chi connectivity index (χ1) is 10.5. The molecule has 0 aromatic carbocycles. The predicted octanol–water partition coefficient (Wildman–Crippen LogP) is 2.96. The number of carboxylic acid groups (broad SMARTS) is 1. The Balaban J connectivity index is 2.13. The molecule has 0 aliphatic rings. The molecule has 0 bridgehead atoms. The maximum atomic E-state index is 12.1. The number of hydrogen-bond donors (Lipinski definition) is 2. The van der Waals surface area contributed by atoms with Gasteiger partial charge in [-0.3, -0.25) is 9.59 Å². The first-order valence-electron chi connectivity index (χ1n) is 6.67. The molecule has 0 saturated heterocycles. The zero-order valence-corrected chi connectivity index (χ0v) is 13.1. The van der Waals surface area contributed by atoms with Gasteiger partial charge in [0.15, 0.2) is 0 Å². The van der Waals surface area contributed by atoms with Gasteiger partial charge in [0, 0.05) is 6.42 Å². The molecule has 22 heavy (non-hydrogen) atoms. The molecule has 6 nitrogen and oxygen atoms in total. The van der Waals surface area contributed by atoms with E-state index >= 15 is 0 Å². The second kappa shape index (κ2) is 7.04. The Kier molecular flexibility index (Phi) is 5.11. The number of thiophene rings is 1. The van der Waals surface area contributed by atoms with Crippen LogP contribution < -0.4 is 5.43 Å². The monoisotopic (exact) mass is 320 g/mol. The number of nitrogens with zero attached hydrogens (tertiary/aromatic N) is 1. The van der Waals surface area contributed by atoms with Crippen LogP contribution in [-0.4, -0.2) is 22.7 Å². The van der Waals surface area contributed by atoms with Crippen LogP contribution in [-0.2, 0) is 4.79 Å². The minimum Gasteiger partial charge on any atom is -0.481 e. The van der Waals surface area contributed by atoms with Gasteiger partial charge in [0.1, 0.15) is 11.5 Å². The van der Waals surface area contributed by atoms with Gasteiger partial charge in [-0.15, -0.1) is 11.3 Å². The summed E-state index contributed by atoms with van der Waals surface area (Å²) in [6.07, 6.45) is 0.204. The van der Waals surface area contributed by atoms with Gasteiger partial charge in [-0.2, -0.15) is 5.10 Å². The summed E-state index contributed by atoms with van der Waals surface area (Å²) in [5.74, 6) is -0.111. The highest BCUT2D eigenvalue weighted by molar-refractivity contribution is 7.12. The fourth-order valence-electron chi connectivity index (χ4n) is 1.94. The van der Waals surface area contributed by atoms with E-state index in [0.717, 1.165) is 4.88 Å². The molecule has 0 unspecified atom stereocenters. The van der Waals surface area contributed by atoms with Crippen LogP contribution in [0.5, 0.6) is 0 Å². The van der Waals surface area contributed by atoms with Crippen LogP contribution in [0.15, 0.2) is 33.1 Å². The number of aliphatic carboxylic acids is 1. The zero-order valence-electron chi connectivity index (χ0n) is 12.3. The lowest BCUT2D eigenvalue weighted by molar-refractivity contribution is -0.136. The minimum atomic E-state index is -0.906. The Morgan fingerprint density at radius 2 is 2.14 bits per heavy atom. The molecule has 116 valence electrons. The van der Waals surface area contributed by atoms with Crippen molar-refractivity contribution in [2.24, 2.45) is 5.10 Å². The standard InChI is InChI=1S/C15H16N2O4S/c1-9-8-11(10(2)21-9)15(20)17-16-12(5-6-14(18)19)13-4-3-7-22-13/h3-4,7-8H,5-6H2,1-2H3,(H,17,20)(H,18,19). The third-order valence-corrected chi connectivity index (χ3v) is 3.88. The van der Waals surface area contributed by atoms with E-state index in [-0.39, 0.29) is 18.7 Å². The van der Waals surface area contributed by atoms with Gasteiger partial charge in [0.25, 0.3) is 5.91 Å². The van der Waals surface area contributed by atoms with Crippen LogP contribution in [0, 0.1) is 13.8 Å². The Bertz CT molecular complexity index is 701. The van der Waals surface area contributed by atoms with E-state index in [0.29, 0.717) is 22.8 Å². The highest BCUT2D eigenvalue weighted by atomic mass is 32.1. The van der Waals surface area contributed by atoms with E-state index in [1.807, 2.05) is 17.5 Å². The summed E-state index contributed by atoms with van der Waals surface area (Å²) in [5.41, 5.74) is 3.43. The molecule has 0 aliphatic heterocycles. The molecule has 2 aromatic heterocycles. The number of carbonyl (C=O) groups is 2. The first-order valence-corrected chi connectivity index (χ1v) is 7.55. The number of carboxylic acids is 1. The van der Waals surface area contributed by atoms with Crippen LogP contribution in [0.1, 0.15) is 39.6 Å². The van der Waals surface area contributed by atoms with E-state index in [4.69, 9.17) is 9.52 Å². The van der Waals surface area contributed by atoms with Crippen molar-refractivity contribution >= 4 is 28.9 Å². The second-order valence-corrected chi connectivity index (χ2v) is 5.65. The van der Waals surface area contributed by atoms with Crippen LogP contribution >= 0.6 is 11.3 Å². The quantitative estimate of drug-likeness (QED) is 0.632. The number of aryl methyl sites for hydroxylation is 2. The van der Waals surface area contributed by atoms with Gasteiger partial charge in [0.2, 0.25) is 0 Å². The van der Waals surface area contributed by atoms with Gasteiger partial charge in [-0.1, -0.05) is 6.07 Å². The molecule has 2 rings (SSSR count). The summed E-state index contributed by atoms with van der Waals surface area (Å²) < 4.78 is 5.31. The molecule has 2 heterocycles. The Morgan fingerprint density at radius 1 is 1.36 bits per heavy atom. The van der Waals surface area contributed by atoms with E-state index < -0.39 is 5.97 Å². The highest BCUT2D eigenvalue weighted by Crippen LogP contribution is 2.15. The lowest BCUT2D eigenvalue weighted by Gasteiger charge is -2.04. The van der Waals surface area contributed by atoms with Crippen molar-refractivity contribution in [1.29, 1.82) is 0 Å². The summed E-state index contributed by atoms with van der Waals surface area (Å²) in [5, 5.41) is 14.8. The number of furan rings is 1. The number of amides is 1. The van der Waals surface area contributed by atoms with Crippen molar-refractivity contribution in [3.05, 3.63) is 45.5 Å². The third-order valence-electron chi connectivity index (χ3n) is 2.96. The molecular weight excluding hydrogens is 304 g/mol. The Hall–Kier alpha value is -2.41. The summed E-state index contributed by atoms with van der Waals surface area (Å²) in [7, 11) is 0. The van der Waals surface area contributed by atoms with Gasteiger partial charge in [-0.25, -0.2) is 5.43 Å². The molecule has 0 atom stereocenters. The summed E-state index contributed by atoms with van der Waals surface area (Å²) in [4.78, 5) is 23.7. The third kappa shape index (κ3) is 4.05. The molecule has 7 heteroatoms. The molecule has 0 fully saturated rings. The molecule has 1 amide bonds. The minimum absolute atomic E-state index is 0.0452. The highest BCUT2D eigenvalue weighted by Gasteiger charge is 2.14. The van der Waals surface area contributed by atoms with Crippen molar-refractivity contribution in [3.8, 4) is 0 Å². The van der Waals surface area contributed by atoms with Crippen molar-refractivity contribution in [2.45, 2.75) is 26.7 Å². The Labute approximate surface area is 131 Å². The van der Waals surface area contributed by atoms with Crippen LogP contribution in [0.2, 0.25) is 0 Å². The van der Waals surface area contributed by atoms with E-state index in [1.165, 1.54) is 11.3 Å². The number of carbonyl (C=O) groups excluding carboxylic acids is 1. The number of hydrazone groups is 1. The average molecular weight is 320 g/mol. The van der Waals surface area contributed by atoms with Gasteiger partial charge in [-0.05, 0) is 31.4 Å². The van der Waals surface area contributed by atoms with Crippen LogP contribution in [0.25, 0.3) is 0 Å². The summed E-state index contributed by atoms with van der Waals surface area (Å²) in [6.45, 7) is 3.47.